The molecule has 1 unspecified atom stereocenters. The quantitative estimate of drug-likeness (QED) is 0.748. The number of hydrogen-bond donors (Lipinski definition) is 2. The topological polar surface area (TPSA) is 44.4 Å². The van der Waals surface area contributed by atoms with E-state index in [-0.39, 0.29) is 6.54 Å². The summed E-state index contributed by atoms with van der Waals surface area (Å²) in [4.78, 5) is 13.5. The summed E-state index contributed by atoms with van der Waals surface area (Å²) in [6.45, 7) is 3.18. The zero-order chi connectivity index (χ0) is 15.0. The maximum Gasteiger partial charge on any atom is 0.405 e. The fourth-order valence-corrected chi connectivity index (χ4v) is 2.40. The molecule has 0 aromatic carbocycles. The second-order valence-electron chi connectivity index (χ2n) is 5.27. The summed E-state index contributed by atoms with van der Waals surface area (Å²) in [6.07, 6.45) is -0.0892. The average Bonchev–Trinajstić information content (AvgIpc) is 2.37. The Bertz CT molecular complexity index is 291. The Kier molecular flexibility index (Phi) is 7.29. The van der Waals surface area contributed by atoms with Crippen LogP contribution in [0.3, 0.4) is 0 Å². The maximum atomic E-state index is 12.0. The molecule has 1 heterocycles. The highest BCUT2D eigenvalue weighted by molar-refractivity contribution is 5.78. The van der Waals surface area contributed by atoms with Crippen LogP contribution >= 0.6 is 0 Å². The van der Waals surface area contributed by atoms with Crippen molar-refractivity contribution in [2.45, 2.75) is 44.8 Å². The largest absolute Gasteiger partial charge is 0.405 e. The predicted octanol–water partition coefficient (Wildman–Crippen LogP) is 1.52. The van der Waals surface area contributed by atoms with Crippen LogP contribution in [0.4, 0.5) is 13.2 Å². The Morgan fingerprint density at radius 1 is 1.40 bits per heavy atom. The molecule has 0 saturated carbocycles. The molecule has 20 heavy (non-hydrogen) atoms. The summed E-state index contributed by atoms with van der Waals surface area (Å²) < 4.78 is 36.1. The number of carbonyl (C=O) groups is 1. The van der Waals surface area contributed by atoms with E-state index >= 15 is 0 Å². The van der Waals surface area contributed by atoms with E-state index in [0.717, 1.165) is 38.8 Å². The Morgan fingerprint density at radius 3 is 2.70 bits per heavy atom. The number of piperidine rings is 1. The average molecular weight is 295 g/mol. The van der Waals surface area contributed by atoms with Gasteiger partial charge in [-0.25, -0.2) is 0 Å². The van der Waals surface area contributed by atoms with Gasteiger partial charge in [-0.1, -0.05) is 13.3 Å². The van der Waals surface area contributed by atoms with Gasteiger partial charge in [-0.05, 0) is 32.4 Å². The van der Waals surface area contributed by atoms with Crippen LogP contribution in [0.5, 0.6) is 0 Å². The molecule has 118 valence electrons. The summed E-state index contributed by atoms with van der Waals surface area (Å²) in [5.41, 5.74) is 0. The first kappa shape index (κ1) is 17.2. The predicted molar refractivity (Wildman–Crippen MR) is 71.4 cm³/mol. The smallest absolute Gasteiger partial charge is 0.346 e. The van der Waals surface area contributed by atoms with Gasteiger partial charge in [0.2, 0.25) is 5.91 Å². The van der Waals surface area contributed by atoms with Crippen LogP contribution in [-0.2, 0) is 4.79 Å². The van der Waals surface area contributed by atoms with Crippen molar-refractivity contribution in [3.05, 3.63) is 0 Å². The number of nitrogens with zero attached hydrogens (tertiary/aromatic N) is 1. The molecular formula is C13H24F3N3O. The fourth-order valence-electron chi connectivity index (χ4n) is 2.40. The van der Waals surface area contributed by atoms with Crippen molar-refractivity contribution in [1.82, 2.24) is 15.5 Å². The Morgan fingerprint density at radius 2 is 2.15 bits per heavy atom. The minimum atomic E-state index is -4.35. The summed E-state index contributed by atoms with van der Waals surface area (Å²) in [5, 5.41) is 5.31. The lowest BCUT2D eigenvalue weighted by molar-refractivity contribution is -0.139. The lowest BCUT2D eigenvalue weighted by atomic mass is 10.0. The van der Waals surface area contributed by atoms with Crippen LogP contribution < -0.4 is 10.6 Å². The maximum absolute atomic E-state index is 12.0. The molecule has 1 aliphatic heterocycles. The van der Waals surface area contributed by atoms with Crippen molar-refractivity contribution >= 4 is 5.91 Å². The van der Waals surface area contributed by atoms with Gasteiger partial charge in [0.1, 0.15) is 6.54 Å². The lowest BCUT2D eigenvalue weighted by Crippen LogP contribution is -2.47. The molecule has 0 aliphatic carbocycles. The zero-order valence-corrected chi connectivity index (χ0v) is 11.9. The molecule has 1 aliphatic rings. The van der Waals surface area contributed by atoms with E-state index < -0.39 is 18.6 Å². The Hall–Kier alpha value is -0.820. The summed E-state index contributed by atoms with van der Waals surface area (Å²) >= 11 is 0. The van der Waals surface area contributed by atoms with Crippen molar-refractivity contribution < 1.29 is 18.0 Å². The van der Waals surface area contributed by atoms with Crippen molar-refractivity contribution in [2.75, 3.05) is 32.7 Å². The highest BCUT2D eigenvalue weighted by Gasteiger charge is 2.28. The SMILES string of the molecule is CCCN(CC(=O)NCC(F)(F)F)CC1CCCCN1. The van der Waals surface area contributed by atoms with E-state index in [0.29, 0.717) is 12.6 Å². The second kappa shape index (κ2) is 8.46. The van der Waals surface area contributed by atoms with E-state index in [4.69, 9.17) is 0 Å². The normalized spacial score (nSPS) is 20.1. The highest BCUT2D eigenvalue weighted by atomic mass is 19.4. The molecule has 1 saturated heterocycles. The minimum Gasteiger partial charge on any atom is -0.346 e. The number of nitrogens with one attached hydrogen (secondary N) is 2. The third-order valence-corrected chi connectivity index (χ3v) is 3.28. The van der Waals surface area contributed by atoms with E-state index in [1.807, 2.05) is 17.1 Å². The van der Waals surface area contributed by atoms with Gasteiger partial charge < -0.3 is 10.6 Å². The van der Waals surface area contributed by atoms with Crippen molar-refractivity contribution in [1.29, 1.82) is 0 Å². The second-order valence-corrected chi connectivity index (χ2v) is 5.27. The molecule has 0 spiro atoms. The first-order chi connectivity index (χ1) is 9.40. The van der Waals surface area contributed by atoms with Gasteiger partial charge in [0.05, 0.1) is 6.54 Å². The van der Waals surface area contributed by atoms with Crippen LogP contribution in [0.25, 0.3) is 0 Å². The molecular weight excluding hydrogens is 271 g/mol. The van der Waals surface area contributed by atoms with E-state index in [1.165, 1.54) is 0 Å². The zero-order valence-electron chi connectivity index (χ0n) is 11.9. The van der Waals surface area contributed by atoms with Crippen molar-refractivity contribution in [3.8, 4) is 0 Å². The lowest BCUT2D eigenvalue weighted by Gasteiger charge is -2.30. The highest BCUT2D eigenvalue weighted by Crippen LogP contribution is 2.12. The number of carbonyl (C=O) groups excluding carboxylic acids is 1. The Balaban J connectivity index is 2.34. The third-order valence-electron chi connectivity index (χ3n) is 3.28. The standard InChI is InChI=1S/C13H24F3N3O/c1-2-7-19(8-11-5-3-4-6-17-11)9-12(20)18-10-13(14,15)16/h11,17H,2-10H2,1H3,(H,18,20). The fraction of sp³-hybridized carbons (Fsp3) is 0.923. The van der Waals surface area contributed by atoms with Crippen LogP contribution in [0.1, 0.15) is 32.6 Å². The number of hydrogen-bond acceptors (Lipinski definition) is 3. The number of alkyl halides is 3. The number of rotatable bonds is 7. The molecule has 0 bridgehead atoms. The molecule has 1 atom stereocenters. The van der Waals surface area contributed by atoms with Gasteiger partial charge in [0.25, 0.3) is 0 Å². The van der Waals surface area contributed by atoms with Gasteiger partial charge in [0.15, 0.2) is 0 Å². The Labute approximate surface area is 118 Å². The summed E-state index contributed by atoms with van der Waals surface area (Å²) in [6, 6.07) is 0.339. The van der Waals surface area contributed by atoms with Gasteiger partial charge in [0, 0.05) is 12.6 Å². The first-order valence-electron chi connectivity index (χ1n) is 7.20. The van der Waals surface area contributed by atoms with Crippen molar-refractivity contribution in [2.24, 2.45) is 0 Å². The number of halogens is 3. The van der Waals surface area contributed by atoms with Gasteiger partial charge in [-0.2, -0.15) is 13.2 Å². The third kappa shape index (κ3) is 7.69. The van der Waals surface area contributed by atoms with Crippen LogP contribution in [0.15, 0.2) is 0 Å². The number of amides is 1. The summed E-state index contributed by atoms with van der Waals surface area (Å²) in [5.74, 6) is -0.563. The van der Waals surface area contributed by atoms with Gasteiger partial charge >= 0.3 is 6.18 Å². The van der Waals surface area contributed by atoms with E-state index in [9.17, 15) is 18.0 Å². The summed E-state index contributed by atoms with van der Waals surface area (Å²) in [7, 11) is 0. The van der Waals surface area contributed by atoms with Crippen LogP contribution in [-0.4, -0.2) is 55.7 Å². The van der Waals surface area contributed by atoms with Crippen molar-refractivity contribution in [3.63, 3.8) is 0 Å². The monoisotopic (exact) mass is 295 g/mol. The molecule has 1 amide bonds. The minimum absolute atomic E-state index is 0.0299. The van der Waals surface area contributed by atoms with Gasteiger partial charge in [-0.15, -0.1) is 0 Å². The molecule has 1 fully saturated rings. The molecule has 4 nitrogen and oxygen atoms in total. The molecule has 2 N–H and O–H groups in total. The molecule has 7 heteroatoms. The first-order valence-corrected chi connectivity index (χ1v) is 7.20. The molecule has 0 aromatic rings. The van der Waals surface area contributed by atoms with E-state index in [1.54, 1.807) is 0 Å². The molecule has 1 rings (SSSR count). The van der Waals surface area contributed by atoms with Crippen LogP contribution in [0.2, 0.25) is 0 Å². The van der Waals surface area contributed by atoms with E-state index in [2.05, 4.69) is 5.32 Å². The van der Waals surface area contributed by atoms with Gasteiger partial charge in [-0.3, -0.25) is 9.69 Å². The van der Waals surface area contributed by atoms with Crippen LogP contribution in [0, 0.1) is 0 Å². The molecule has 0 aromatic heterocycles. The molecule has 0 radical (unpaired) electrons.